The van der Waals surface area contributed by atoms with Gasteiger partial charge in [0.2, 0.25) is 17.7 Å². The van der Waals surface area contributed by atoms with E-state index in [4.69, 9.17) is 4.74 Å². The molecule has 4 amide bonds. The lowest BCUT2D eigenvalue weighted by Crippen LogP contribution is -2.56. The molecule has 2 aromatic rings. The molecule has 2 aromatic carbocycles. The molecule has 0 saturated carbocycles. The molecule has 1 aliphatic carbocycles. The van der Waals surface area contributed by atoms with Crippen molar-refractivity contribution in [2.75, 3.05) is 32.8 Å². The summed E-state index contributed by atoms with van der Waals surface area (Å²) in [6, 6.07) is 13.3. The molecule has 0 radical (unpaired) electrons. The first-order chi connectivity index (χ1) is 22.3. The molecule has 4 heterocycles. The van der Waals surface area contributed by atoms with Crippen LogP contribution in [0.2, 0.25) is 0 Å². The van der Waals surface area contributed by atoms with Crippen molar-refractivity contribution in [2.45, 2.75) is 81.5 Å². The number of likely N-dealkylation sites (tertiary alicyclic amines) is 4. The number of carboxylic acid groups (broad SMARTS) is 1. The third kappa shape index (κ3) is 5.19. The Bertz CT molecular complexity index is 1520. The molecule has 242 valence electrons. The minimum atomic E-state index is -1.02. The number of hydrogen-bond acceptors (Lipinski definition) is 6. The molecule has 11 nitrogen and oxygen atoms in total. The van der Waals surface area contributed by atoms with Gasteiger partial charge in [-0.05, 0) is 73.6 Å². The lowest BCUT2D eigenvalue weighted by atomic mass is 9.98. The van der Waals surface area contributed by atoms with Gasteiger partial charge in [0.15, 0.2) is 0 Å². The smallest absolute Gasteiger partial charge is 0.410 e. The summed E-state index contributed by atoms with van der Waals surface area (Å²) in [7, 11) is 0. The lowest BCUT2D eigenvalue weighted by Gasteiger charge is -2.35. The van der Waals surface area contributed by atoms with Crippen LogP contribution in [0.4, 0.5) is 4.79 Å². The average Bonchev–Trinajstić information content (AvgIpc) is 3.91. The number of carboxylic acids is 1. The van der Waals surface area contributed by atoms with E-state index in [9.17, 15) is 29.1 Å². The van der Waals surface area contributed by atoms with Crippen LogP contribution >= 0.6 is 0 Å². The Balaban J connectivity index is 1.01. The van der Waals surface area contributed by atoms with Gasteiger partial charge in [-0.25, -0.2) is 9.59 Å². The second kappa shape index (κ2) is 12.4. The minimum Gasteiger partial charge on any atom is -0.480 e. The van der Waals surface area contributed by atoms with Crippen molar-refractivity contribution in [1.82, 2.24) is 19.6 Å². The van der Waals surface area contributed by atoms with E-state index in [2.05, 4.69) is 24.3 Å². The van der Waals surface area contributed by atoms with E-state index in [1.165, 1.54) is 9.80 Å². The predicted molar refractivity (Wildman–Crippen MR) is 167 cm³/mol. The quantitative estimate of drug-likeness (QED) is 0.519. The SMILES string of the molecule is O=C(O)[C@@H]1CCCN1C(=O)[C@@H]1CCCN1C(=O)[C@H]1CCCN1C(=O)[C@@H]1CCCN1C(=O)OCC1c2ccccc2-c2ccccc21. The van der Waals surface area contributed by atoms with E-state index in [1.807, 2.05) is 24.3 Å². The predicted octanol–water partition coefficient (Wildman–Crippen LogP) is 3.46. The van der Waals surface area contributed by atoms with E-state index in [-0.39, 0.29) is 30.2 Å². The number of rotatable bonds is 6. The number of hydrogen-bond donors (Lipinski definition) is 1. The molecule has 5 aliphatic rings. The summed E-state index contributed by atoms with van der Waals surface area (Å²) in [5, 5.41) is 9.59. The van der Waals surface area contributed by atoms with Crippen molar-refractivity contribution in [3.8, 4) is 11.1 Å². The van der Waals surface area contributed by atoms with Crippen molar-refractivity contribution >= 4 is 29.8 Å². The van der Waals surface area contributed by atoms with E-state index in [0.29, 0.717) is 77.5 Å². The van der Waals surface area contributed by atoms with Gasteiger partial charge in [-0.1, -0.05) is 48.5 Å². The Labute approximate surface area is 268 Å². The number of aliphatic carboxylic acids is 1. The van der Waals surface area contributed by atoms with Gasteiger partial charge in [-0.3, -0.25) is 19.3 Å². The number of ether oxygens (including phenoxy) is 1. The van der Waals surface area contributed by atoms with Gasteiger partial charge >= 0.3 is 12.1 Å². The molecule has 0 bridgehead atoms. The fraction of sp³-hybridized carbons (Fsp3) is 0.514. The van der Waals surface area contributed by atoms with Crippen molar-refractivity contribution < 1.29 is 33.8 Å². The maximum atomic E-state index is 14.0. The van der Waals surface area contributed by atoms with E-state index < -0.39 is 36.2 Å². The Hall–Kier alpha value is -4.41. The lowest BCUT2D eigenvalue weighted by molar-refractivity contribution is -0.154. The molecule has 46 heavy (non-hydrogen) atoms. The van der Waals surface area contributed by atoms with E-state index >= 15 is 0 Å². The third-order valence-electron chi connectivity index (χ3n) is 10.6. The number of carbonyl (C=O) groups is 5. The minimum absolute atomic E-state index is 0.0869. The van der Waals surface area contributed by atoms with Crippen LogP contribution in [0.25, 0.3) is 11.1 Å². The summed E-state index contributed by atoms with van der Waals surface area (Å²) in [4.78, 5) is 72.6. The van der Waals surface area contributed by atoms with Gasteiger partial charge < -0.3 is 24.5 Å². The molecule has 4 fully saturated rings. The Morgan fingerprint density at radius 2 is 0.978 bits per heavy atom. The van der Waals surface area contributed by atoms with Crippen LogP contribution in [0.1, 0.15) is 68.4 Å². The fourth-order valence-corrected chi connectivity index (χ4v) is 8.35. The summed E-state index contributed by atoms with van der Waals surface area (Å²) in [5.41, 5.74) is 4.51. The zero-order valence-electron chi connectivity index (χ0n) is 25.9. The first-order valence-corrected chi connectivity index (χ1v) is 16.6. The number of carbonyl (C=O) groups excluding carboxylic acids is 4. The number of amides is 4. The first kappa shape index (κ1) is 30.3. The molecule has 7 rings (SSSR count). The molecular weight excluding hydrogens is 588 g/mol. The fourth-order valence-electron chi connectivity index (χ4n) is 8.35. The normalized spacial score (nSPS) is 25.6. The Morgan fingerprint density at radius 3 is 1.46 bits per heavy atom. The number of fused-ring (bicyclic) bond motifs is 3. The van der Waals surface area contributed by atoms with Crippen molar-refractivity contribution in [3.63, 3.8) is 0 Å². The number of benzene rings is 2. The molecular formula is C35H40N4O7. The van der Waals surface area contributed by atoms with Crippen LogP contribution < -0.4 is 0 Å². The van der Waals surface area contributed by atoms with Gasteiger partial charge in [-0.2, -0.15) is 0 Å². The summed E-state index contributed by atoms with van der Waals surface area (Å²) < 4.78 is 5.89. The third-order valence-corrected chi connectivity index (χ3v) is 10.6. The zero-order chi connectivity index (χ0) is 31.9. The van der Waals surface area contributed by atoms with Gasteiger partial charge in [0, 0.05) is 32.1 Å². The van der Waals surface area contributed by atoms with E-state index in [0.717, 1.165) is 22.3 Å². The van der Waals surface area contributed by atoms with Crippen molar-refractivity contribution in [2.24, 2.45) is 0 Å². The van der Waals surface area contributed by atoms with Crippen LogP contribution in [0.15, 0.2) is 48.5 Å². The molecule has 11 heteroatoms. The second-order valence-electron chi connectivity index (χ2n) is 13.1. The van der Waals surface area contributed by atoms with Gasteiger partial charge in [0.25, 0.3) is 0 Å². The van der Waals surface area contributed by atoms with E-state index in [1.54, 1.807) is 9.80 Å². The maximum absolute atomic E-state index is 14.0. The van der Waals surface area contributed by atoms with Crippen molar-refractivity contribution in [1.29, 1.82) is 0 Å². The summed E-state index contributed by atoms with van der Waals surface area (Å²) >= 11 is 0. The molecule has 4 atom stereocenters. The van der Waals surface area contributed by atoms with Gasteiger partial charge in [-0.15, -0.1) is 0 Å². The highest BCUT2D eigenvalue weighted by Crippen LogP contribution is 2.44. The molecule has 1 N–H and O–H groups in total. The topological polar surface area (TPSA) is 128 Å². The second-order valence-corrected chi connectivity index (χ2v) is 13.1. The Kier molecular flexibility index (Phi) is 8.16. The highest BCUT2D eigenvalue weighted by Gasteiger charge is 2.47. The van der Waals surface area contributed by atoms with Crippen molar-refractivity contribution in [3.05, 3.63) is 59.7 Å². The van der Waals surface area contributed by atoms with Gasteiger partial charge in [0.1, 0.15) is 30.8 Å². The summed E-state index contributed by atoms with van der Waals surface area (Å²) in [6.45, 7) is 1.75. The van der Waals surface area contributed by atoms with Crippen LogP contribution in [-0.4, -0.2) is 111 Å². The zero-order valence-corrected chi connectivity index (χ0v) is 25.9. The molecule has 4 saturated heterocycles. The van der Waals surface area contributed by atoms with Gasteiger partial charge in [0.05, 0.1) is 0 Å². The monoisotopic (exact) mass is 628 g/mol. The highest BCUT2D eigenvalue weighted by atomic mass is 16.6. The highest BCUT2D eigenvalue weighted by molar-refractivity contribution is 5.95. The first-order valence-electron chi connectivity index (χ1n) is 16.6. The summed E-state index contributed by atoms with van der Waals surface area (Å²) in [6.07, 6.45) is 3.93. The molecule has 0 aromatic heterocycles. The van der Waals surface area contributed by atoms with Crippen LogP contribution in [0.5, 0.6) is 0 Å². The summed E-state index contributed by atoms with van der Waals surface area (Å²) in [5.74, 6) is -1.94. The van der Waals surface area contributed by atoms with Crippen LogP contribution in [-0.2, 0) is 23.9 Å². The average molecular weight is 629 g/mol. The largest absolute Gasteiger partial charge is 0.480 e. The molecule has 0 spiro atoms. The maximum Gasteiger partial charge on any atom is 0.410 e. The Morgan fingerprint density at radius 1 is 0.587 bits per heavy atom. The standard InChI is InChI=1S/C35H40N4O7/c40-31(36-17-6-14-28(36)32(41)38-19-8-16-30(38)34(43)44)27-13-5-18-37(27)33(42)29-15-7-20-39(29)35(45)46-21-26-24-11-3-1-9-22(24)23-10-2-4-12-25(23)26/h1-4,9-12,26-30H,5-8,13-21H2,(H,43,44)/t27-,28+,29+,30+/m1/s1. The number of nitrogens with zero attached hydrogens (tertiary/aromatic N) is 4. The van der Waals surface area contributed by atoms with Crippen LogP contribution in [0, 0.1) is 0 Å². The molecule has 0 unspecified atom stereocenters. The van der Waals surface area contributed by atoms with Crippen LogP contribution in [0.3, 0.4) is 0 Å². The molecule has 4 aliphatic heterocycles.